The van der Waals surface area contributed by atoms with Crippen LogP contribution in [0, 0.1) is 13.8 Å². The minimum absolute atomic E-state index is 0.0897. The molecule has 1 heterocycles. The van der Waals surface area contributed by atoms with Crippen LogP contribution in [0.3, 0.4) is 0 Å². The van der Waals surface area contributed by atoms with Crippen LogP contribution in [-0.2, 0) is 11.2 Å². The number of nitrogens with one attached hydrogen (secondary N) is 1. The zero-order chi connectivity index (χ0) is 19.4. The highest BCUT2D eigenvalue weighted by Crippen LogP contribution is 2.19. The summed E-state index contributed by atoms with van der Waals surface area (Å²) in [5.41, 5.74) is 10.3. The molecule has 0 atom stereocenters. The van der Waals surface area contributed by atoms with Crippen molar-refractivity contribution in [3.8, 4) is 5.69 Å². The zero-order valence-electron chi connectivity index (χ0n) is 15.4. The first-order valence-corrected chi connectivity index (χ1v) is 8.76. The van der Waals surface area contributed by atoms with E-state index in [-0.39, 0.29) is 5.91 Å². The largest absolute Gasteiger partial charge is 0.366 e. The SMILES string of the molecule is Cc1nn(-c2ccccc2)c(C)c1CCC(=O)Nc1ccc(C(N)=O)cc1. The second kappa shape index (κ2) is 7.86. The van der Waals surface area contributed by atoms with Crippen molar-refractivity contribution in [2.75, 3.05) is 5.32 Å². The Morgan fingerprint density at radius 2 is 1.70 bits per heavy atom. The summed E-state index contributed by atoms with van der Waals surface area (Å²) >= 11 is 0. The Hall–Kier alpha value is -3.41. The van der Waals surface area contributed by atoms with Crippen LogP contribution in [-0.4, -0.2) is 21.6 Å². The van der Waals surface area contributed by atoms with Crippen LogP contribution >= 0.6 is 0 Å². The third-order valence-electron chi connectivity index (χ3n) is 4.50. The van der Waals surface area contributed by atoms with Gasteiger partial charge in [0.1, 0.15) is 0 Å². The number of amides is 2. The number of hydrogen-bond acceptors (Lipinski definition) is 3. The van der Waals surface area contributed by atoms with Crippen molar-refractivity contribution < 1.29 is 9.59 Å². The van der Waals surface area contributed by atoms with Gasteiger partial charge in [0.15, 0.2) is 0 Å². The molecular weight excluding hydrogens is 340 g/mol. The molecule has 3 rings (SSSR count). The number of nitrogens with two attached hydrogens (primary N) is 1. The summed E-state index contributed by atoms with van der Waals surface area (Å²) in [6.07, 6.45) is 0.954. The Kier molecular flexibility index (Phi) is 5.35. The maximum Gasteiger partial charge on any atom is 0.248 e. The molecule has 0 aliphatic heterocycles. The third-order valence-corrected chi connectivity index (χ3v) is 4.50. The number of nitrogens with zero attached hydrogens (tertiary/aromatic N) is 2. The number of primary amides is 1. The number of carbonyl (C=O) groups is 2. The highest BCUT2D eigenvalue weighted by atomic mass is 16.2. The molecule has 0 saturated heterocycles. The average molecular weight is 362 g/mol. The molecule has 0 radical (unpaired) electrons. The van der Waals surface area contributed by atoms with E-state index in [0.29, 0.717) is 24.1 Å². The number of carbonyl (C=O) groups excluding carboxylic acids is 2. The summed E-state index contributed by atoms with van der Waals surface area (Å²) in [4.78, 5) is 23.4. The lowest BCUT2D eigenvalue weighted by Crippen LogP contribution is -2.14. The van der Waals surface area contributed by atoms with Crippen LogP contribution in [0.1, 0.15) is 33.7 Å². The smallest absolute Gasteiger partial charge is 0.248 e. The van der Waals surface area contributed by atoms with Gasteiger partial charge in [-0.2, -0.15) is 5.10 Å². The molecule has 0 fully saturated rings. The van der Waals surface area contributed by atoms with Crippen LogP contribution in [0.25, 0.3) is 5.69 Å². The van der Waals surface area contributed by atoms with Gasteiger partial charge in [-0.1, -0.05) is 18.2 Å². The van der Waals surface area contributed by atoms with Crippen LogP contribution in [0.15, 0.2) is 54.6 Å². The number of hydrogen-bond donors (Lipinski definition) is 2. The summed E-state index contributed by atoms with van der Waals surface area (Å²) in [6.45, 7) is 3.98. The molecule has 0 saturated carbocycles. The van der Waals surface area contributed by atoms with Gasteiger partial charge < -0.3 is 11.1 Å². The van der Waals surface area contributed by atoms with Gasteiger partial charge in [-0.05, 0) is 62.2 Å². The lowest BCUT2D eigenvalue weighted by molar-refractivity contribution is -0.116. The number of anilines is 1. The van der Waals surface area contributed by atoms with Gasteiger partial charge in [0.2, 0.25) is 11.8 Å². The van der Waals surface area contributed by atoms with E-state index in [9.17, 15) is 9.59 Å². The minimum atomic E-state index is -0.491. The summed E-state index contributed by atoms with van der Waals surface area (Å²) in [7, 11) is 0. The fourth-order valence-electron chi connectivity index (χ4n) is 3.04. The van der Waals surface area contributed by atoms with Crippen molar-refractivity contribution in [2.24, 2.45) is 5.73 Å². The predicted octanol–water partition coefficient (Wildman–Crippen LogP) is 3.16. The van der Waals surface area contributed by atoms with E-state index >= 15 is 0 Å². The maximum atomic E-state index is 12.3. The van der Waals surface area contributed by atoms with Crippen LogP contribution < -0.4 is 11.1 Å². The van der Waals surface area contributed by atoms with Gasteiger partial charge in [0.25, 0.3) is 0 Å². The monoisotopic (exact) mass is 362 g/mol. The Labute approximate surface area is 158 Å². The summed E-state index contributed by atoms with van der Waals surface area (Å²) in [5.74, 6) is -0.581. The molecule has 3 aromatic rings. The first-order valence-electron chi connectivity index (χ1n) is 8.76. The van der Waals surface area contributed by atoms with E-state index in [1.54, 1.807) is 24.3 Å². The number of rotatable bonds is 6. The molecule has 27 heavy (non-hydrogen) atoms. The second-order valence-corrected chi connectivity index (χ2v) is 6.39. The Morgan fingerprint density at radius 1 is 1.04 bits per heavy atom. The van der Waals surface area contributed by atoms with Crippen molar-refractivity contribution in [1.82, 2.24) is 9.78 Å². The lowest BCUT2D eigenvalue weighted by Gasteiger charge is -2.07. The number of aryl methyl sites for hydroxylation is 1. The van der Waals surface area contributed by atoms with Crippen molar-refractivity contribution in [3.05, 3.63) is 77.1 Å². The van der Waals surface area contributed by atoms with E-state index in [0.717, 1.165) is 22.6 Å². The number of benzene rings is 2. The highest BCUT2D eigenvalue weighted by molar-refractivity contribution is 5.94. The fourth-order valence-corrected chi connectivity index (χ4v) is 3.04. The molecule has 138 valence electrons. The zero-order valence-corrected chi connectivity index (χ0v) is 15.4. The quantitative estimate of drug-likeness (QED) is 0.706. The van der Waals surface area contributed by atoms with Crippen LogP contribution in [0.4, 0.5) is 5.69 Å². The lowest BCUT2D eigenvalue weighted by atomic mass is 10.1. The molecule has 6 heteroatoms. The average Bonchev–Trinajstić information content (AvgIpc) is 2.95. The van der Waals surface area contributed by atoms with Crippen molar-refractivity contribution in [3.63, 3.8) is 0 Å². The van der Waals surface area contributed by atoms with E-state index in [1.165, 1.54) is 0 Å². The van der Waals surface area contributed by atoms with Gasteiger partial charge in [-0.15, -0.1) is 0 Å². The van der Waals surface area contributed by atoms with Gasteiger partial charge >= 0.3 is 0 Å². The van der Waals surface area contributed by atoms with Crippen LogP contribution in [0.5, 0.6) is 0 Å². The Balaban J connectivity index is 1.65. The van der Waals surface area contributed by atoms with Gasteiger partial charge in [0, 0.05) is 23.4 Å². The molecule has 0 aliphatic rings. The van der Waals surface area contributed by atoms with E-state index in [1.807, 2.05) is 48.9 Å². The topological polar surface area (TPSA) is 90.0 Å². The fraction of sp³-hybridized carbons (Fsp3) is 0.190. The molecule has 1 aromatic heterocycles. The van der Waals surface area contributed by atoms with Crippen molar-refractivity contribution in [2.45, 2.75) is 26.7 Å². The van der Waals surface area contributed by atoms with Crippen LogP contribution in [0.2, 0.25) is 0 Å². The van der Waals surface area contributed by atoms with E-state index in [2.05, 4.69) is 10.4 Å². The molecule has 2 amide bonds. The normalized spacial score (nSPS) is 10.6. The first kappa shape index (κ1) is 18.4. The number of para-hydroxylation sites is 1. The summed E-state index contributed by atoms with van der Waals surface area (Å²) < 4.78 is 1.91. The molecular formula is C21H22N4O2. The molecule has 0 spiro atoms. The Morgan fingerprint density at radius 3 is 2.33 bits per heavy atom. The molecule has 0 unspecified atom stereocenters. The maximum absolute atomic E-state index is 12.3. The van der Waals surface area contributed by atoms with Gasteiger partial charge in [-0.3, -0.25) is 9.59 Å². The third kappa shape index (κ3) is 4.23. The summed E-state index contributed by atoms with van der Waals surface area (Å²) in [6, 6.07) is 16.5. The Bertz CT molecular complexity index is 960. The molecule has 0 bridgehead atoms. The highest BCUT2D eigenvalue weighted by Gasteiger charge is 2.14. The van der Waals surface area contributed by atoms with Gasteiger partial charge in [-0.25, -0.2) is 4.68 Å². The van der Waals surface area contributed by atoms with Gasteiger partial charge in [0.05, 0.1) is 11.4 Å². The van der Waals surface area contributed by atoms with E-state index in [4.69, 9.17) is 5.73 Å². The van der Waals surface area contributed by atoms with Crippen molar-refractivity contribution in [1.29, 1.82) is 0 Å². The van der Waals surface area contributed by atoms with Crippen molar-refractivity contribution >= 4 is 17.5 Å². The molecule has 0 aliphatic carbocycles. The second-order valence-electron chi connectivity index (χ2n) is 6.39. The molecule has 2 aromatic carbocycles. The first-order chi connectivity index (χ1) is 13.0. The van der Waals surface area contributed by atoms with E-state index < -0.39 is 5.91 Å². The minimum Gasteiger partial charge on any atom is -0.366 e. The number of aromatic nitrogens is 2. The summed E-state index contributed by atoms with van der Waals surface area (Å²) in [5, 5.41) is 7.45. The molecule has 6 nitrogen and oxygen atoms in total. The predicted molar refractivity (Wildman–Crippen MR) is 105 cm³/mol. The molecule has 3 N–H and O–H groups in total. The standard InChI is InChI=1S/C21H22N4O2/c1-14-19(15(2)25(24-14)18-6-4-3-5-7-18)12-13-20(26)23-17-10-8-16(9-11-17)21(22)27/h3-11H,12-13H2,1-2H3,(H2,22,27)(H,23,26).